The van der Waals surface area contributed by atoms with Crippen LogP contribution in [0.2, 0.25) is 0 Å². The van der Waals surface area contributed by atoms with Crippen LogP contribution < -0.4 is 4.90 Å². The molecule has 0 N–H and O–H groups in total. The highest BCUT2D eigenvalue weighted by Gasteiger charge is 2.38. The minimum Gasteiger partial charge on any atom is -0.310 e. The molecule has 0 unspecified atom stereocenters. The quantitative estimate of drug-likeness (QED) is 0.176. The lowest BCUT2D eigenvalue weighted by molar-refractivity contribution is 0.660. The van der Waals surface area contributed by atoms with Crippen molar-refractivity contribution in [3.63, 3.8) is 0 Å². The maximum Gasteiger partial charge on any atom is 0.0619 e. The average Bonchev–Trinajstić information content (AvgIpc) is 3.64. The number of anilines is 3. The van der Waals surface area contributed by atoms with Gasteiger partial charge in [0.25, 0.3) is 0 Å². The lowest BCUT2D eigenvalue weighted by Gasteiger charge is -2.30. The zero-order valence-electron chi connectivity index (χ0n) is 30.6. The molecule has 0 aliphatic heterocycles. The number of hydrogen-bond acceptors (Lipinski definition) is 1. The van der Waals surface area contributed by atoms with Crippen molar-refractivity contribution in [2.75, 3.05) is 4.90 Å². The van der Waals surface area contributed by atoms with E-state index in [9.17, 15) is 0 Å². The van der Waals surface area contributed by atoms with Gasteiger partial charge in [-0.3, -0.25) is 0 Å². The van der Waals surface area contributed by atoms with E-state index in [1.165, 1.54) is 94.1 Å². The van der Waals surface area contributed by atoms with E-state index >= 15 is 0 Å². The molecule has 0 saturated carbocycles. The molecule has 0 amide bonds. The summed E-state index contributed by atoms with van der Waals surface area (Å²) >= 11 is 0. The van der Waals surface area contributed by atoms with Gasteiger partial charge in [-0.1, -0.05) is 141 Å². The highest BCUT2D eigenvalue weighted by atomic mass is 15.1. The van der Waals surface area contributed by atoms with E-state index < -0.39 is 0 Å². The number of benzene rings is 8. The molecule has 0 bridgehead atoms. The summed E-state index contributed by atoms with van der Waals surface area (Å²) in [6.07, 6.45) is 0. The fourth-order valence-electron chi connectivity index (χ4n) is 8.98. The first kappa shape index (κ1) is 31.4. The third-order valence-electron chi connectivity index (χ3n) is 11.5. The topological polar surface area (TPSA) is 8.17 Å². The SMILES string of the molecule is Cc1ccc2c(c1)c1cccc(-c3ccccc3)c1n2-c1ccc2c(c1)C(C)(C)c1cc(N(c3ccccc3)c3ccccc3C)c3ccccc3c1-2. The lowest BCUT2D eigenvalue weighted by Crippen LogP contribution is -2.17. The number of rotatable bonds is 5. The van der Waals surface area contributed by atoms with Gasteiger partial charge in [0, 0.05) is 44.2 Å². The fraction of sp³-hybridized carbons (Fsp3) is 0.0980. The van der Waals surface area contributed by atoms with Crippen molar-refractivity contribution in [2.24, 2.45) is 0 Å². The summed E-state index contributed by atoms with van der Waals surface area (Å²) < 4.78 is 2.50. The molecule has 1 aromatic heterocycles. The van der Waals surface area contributed by atoms with Crippen LogP contribution in [0.3, 0.4) is 0 Å². The second-order valence-corrected chi connectivity index (χ2v) is 15.1. The van der Waals surface area contributed by atoms with Crippen molar-refractivity contribution in [1.82, 2.24) is 4.57 Å². The first-order valence-electron chi connectivity index (χ1n) is 18.6. The van der Waals surface area contributed by atoms with Crippen LogP contribution in [0.5, 0.6) is 0 Å². The summed E-state index contributed by atoms with van der Waals surface area (Å²) in [7, 11) is 0. The van der Waals surface area contributed by atoms with E-state index in [1.54, 1.807) is 0 Å². The largest absolute Gasteiger partial charge is 0.310 e. The molecule has 1 aliphatic rings. The van der Waals surface area contributed by atoms with Crippen molar-refractivity contribution >= 4 is 49.6 Å². The second-order valence-electron chi connectivity index (χ2n) is 15.1. The van der Waals surface area contributed by atoms with Crippen molar-refractivity contribution in [3.05, 3.63) is 192 Å². The van der Waals surface area contributed by atoms with Crippen LogP contribution in [-0.4, -0.2) is 4.57 Å². The molecule has 0 radical (unpaired) electrons. The van der Waals surface area contributed by atoms with Gasteiger partial charge in [0.2, 0.25) is 0 Å². The molecule has 1 aliphatic carbocycles. The smallest absolute Gasteiger partial charge is 0.0619 e. The Hall–Kier alpha value is -6.38. The van der Waals surface area contributed by atoms with E-state index in [2.05, 4.69) is 207 Å². The molecule has 0 fully saturated rings. The predicted octanol–water partition coefficient (Wildman–Crippen LogP) is 14.0. The Morgan fingerprint density at radius 1 is 0.491 bits per heavy atom. The zero-order valence-corrected chi connectivity index (χ0v) is 30.6. The Labute approximate surface area is 311 Å². The summed E-state index contributed by atoms with van der Waals surface area (Å²) in [5, 5.41) is 5.10. The third kappa shape index (κ3) is 4.72. The molecule has 1 heterocycles. The van der Waals surface area contributed by atoms with Gasteiger partial charge >= 0.3 is 0 Å². The molecule has 9 aromatic rings. The highest BCUT2D eigenvalue weighted by molar-refractivity contribution is 6.14. The number of fused-ring (bicyclic) bond motifs is 8. The van der Waals surface area contributed by atoms with Gasteiger partial charge in [0.05, 0.1) is 16.7 Å². The van der Waals surface area contributed by atoms with E-state index in [1.807, 2.05) is 0 Å². The molecule has 2 nitrogen and oxygen atoms in total. The third-order valence-corrected chi connectivity index (χ3v) is 11.5. The molecular weight excluding hydrogens is 641 g/mol. The second kappa shape index (κ2) is 11.8. The van der Waals surface area contributed by atoms with Crippen LogP contribution in [0.1, 0.15) is 36.1 Å². The first-order chi connectivity index (χ1) is 25.9. The number of nitrogens with zero attached hydrogens (tertiary/aromatic N) is 2. The van der Waals surface area contributed by atoms with Crippen LogP contribution in [0, 0.1) is 13.8 Å². The van der Waals surface area contributed by atoms with Gasteiger partial charge in [0.1, 0.15) is 0 Å². The van der Waals surface area contributed by atoms with Crippen LogP contribution in [0.15, 0.2) is 170 Å². The van der Waals surface area contributed by atoms with E-state index in [4.69, 9.17) is 0 Å². The van der Waals surface area contributed by atoms with Gasteiger partial charge in [0.15, 0.2) is 0 Å². The van der Waals surface area contributed by atoms with Crippen LogP contribution >= 0.6 is 0 Å². The average molecular weight is 681 g/mol. The molecule has 10 rings (SSSR count). The predicted molar refractivity (Wildman–Crippen MR) is 225 cm³/mol. The van der Waals surface area contributed by atoms with Crippen LogP contribution in [0.25, 0.3) is 60.5 Å². The molecule has 0 atom stereocenters. The van der Waals surface area contributed by atoms with Gasteiger partial charge in [-0.2, -0.15) is 0 Å². The van der Waals surface area contributed by atoms with Crippen molar-refractivity contribution in [1.29, 1.82) is 0 Å². The van der Waals surface area contributed by atoms with Gasteiger partial charge < -0.3 is 9.47 Å². The van der Waals surface area contributed by atoms with Crippen molar-refractivity contribution in [2.45, 2.75) is 33.1 Å². The minimum absolute atomic E-state index is 0.245. The lowest BCUT2D eigenvalue weighted by atomic mass is 9.81. The summed E-state index contributed by atoms with van der Waals surface area (Å²) in [5.41, 5.74) is 17.3. The number of para-hydroxylation sites is 3. The monoisotopic (exact) mass is 680 g/mol. The Balaban J connectivity index is 1.23. The molecular formula is C51H40N2. The van der Waals surface area contributed by atoms with Crippen LogP contribution in [-0.2, 0) is 5.41 Å². The standard InChI is InChI=1S/C51H40N2/c1-33-26-29-47-43(30-33)41-24-15-23-38(35-17-7-5-8-18-35)50(41)53(47)37-27-28-42-44(31-37)51(3,4)45-32-48(39-21-12-13-22-40(39)49(42)45)52(36-19-9-6-10-20-36)46-25-14-11-16-34(46)2/h5-32H,1-4H3. The molecule has 0 saturated heterocycles. The fourth-order valence-corrected chi connectivity index (χ4v) is 8.98. The van der Waals surface area contributed by atoms with Gasteiger partial charge in [-0.25, -0.2) is 0 Å². The summed E-state index contributed by atoms with van der Waals surface area (Å²) in [6.45, 7) is 9.22. The Morgan fingerprint density at radius 3 is 1.98 bits per heavy atom. The molecule has 254 valence electrons. The normalized spacial score (nSPS) is 13.1. The van der Waals surface area contributed by atoms with Crippen molar-refractivity contribution < 1.29 is 0 Å². The van der Waals surface area contributed by atoms with Gasteiger partial charge in [-0.05, 0) is 101 Å². The minimum atomic E-state index is -0.245. The molecule has 0 spiro atoms. The summed E-state index contributed by atoms with van der Waals surface area (Å²) in [5.74, 6) is 0. The zero-order chi connectivity index (χ0) is 35.8. The highest BCUT2D eigenvalue weighted by Crippen LogP contribution is 2.55. The maximum atomic E-state index is 2.50. The summed E-state index contributed by atoms with van der Waals surface area (Å²) in [4.78, 5) is 2.45. The molecule has 53 heavy (non-hydrogen) atoms. The Kier molecular flexibility index (Phi) is 7.00. The number of hydrogen-bond donors (Lipinski definition) is 0. The molecule has 8 aromatic carbocycles. The molecule has 2 heteroatoms. The maximum absolute atomic E-state index is 2.50. The van der Waals surface area contributed by atoms with E-state index in [0.29, 0.717) is 0 Å². The van der Waals surface area contributed by atoms with E-state index in [0.717, 1.165) is 5.69 Å². The van der Waals surface area contributed by atoms with Gasteiger partial charge in [-0.15, -0.1) is 0 Å². The summed E-state index contributed by atoms with van der Waals surface area (Å²) in [6, 6.07) is 62.7. The number of aromatic nitrogens is 1. The first-order valence-corrected chi connectivity index (χ1v) is 18.6. The van der Waals surface area contributed by atoms with Crippen molar-refractivity contribution in [3.8, 4) is 27.9 Å². The number of aryl methyl sites for hydroxylation is 2. The van der Waals surface area contributed by atoms with Crippen LogP contribution in [0.4, 0.5) is 17.1 Å². The van der Waals surface area contributed by atoms with E-state index in [-0.39, 0.29) is 5.41 Å². The Morgan fingerprint density at radius 2 is 1.19 bits per heavy atom. The Bertz CT molecular complexity index is 2880.